The average Bonchev–Trinajstić information content (AvgIpc) is 2.58. The SMILES string of the molecule is CCOC(=O)C1CCN(C(=O)Nc2cc(F)c(OC)cc2F)CC1. The lowest BCUT2D eigenvalue weighted by Gasteiger charge is -2.30. The van der Waals surface area contributed by atoms with E-state index in [0.717, 1.165) is 12.1 Å². The topological polar surface area (TPSA) is 67.9 Å². The number of urea groups is 1. The predicted molar refractivity (Wildman–Crippen MR) is 82.9 cm³/mol. The van der Waals surface area contributed by atoms with Gasteiger partial charge in [-0.2, -0.15) is 0 Å². The first-order valence-corrected chi connectivity index (χ1v) is 7.71. The molecule has 8 heteroatoms. The zero-order valence-corrected chi connectivity index (χ0v) is 13.6. The van der Waals surface area contributed by atoms with Gasteiger partial charge in [-0.1, -0.05) is 0 Å². The van der Waals surface area contributed by atoms with Crippen molar-refractivity contribution in [2.75, 3.05) is 32.1 Å². The Hall–Kier alpha value is -2.38. The minimum absolute atomic E-state index is 0.232. The Morgan fingerprint density at radius 3 is 2.50 bits per heavy atom. The molecule has 0 atom stereocenters. The molecule has 1 heterocycles. The van der Waals surface area contributed by atoms with Crippen molar-refractivity contribution < 1.29 is 27.8 Å². The molecule has 132 valence electrons. The highest BCUT2D eigenvalue weighted by Crippen LogP contribution is 2.25. The molecule has 0 unspecified atom stereocenters. The Bertz CT molecular complexity index is 616. The van der Waals surface area contributed by atoms with Gasteiger partial charge >= 0.3 is 12.0 Å². The van der Waals surface area contributed by atoms with Crippen LogP contribution in [0.3, 0.4) is 0 Å². The van der Waals surface area contributed by atoms with Gasteiger partial charge < -0.3 is 19.7 Å². The lowest BCUT2D eigenvalue weighted by Crippen LogP contribution is -2.42. The molecule has 1 saturated heterocycles. The number of rotatable bonds is 4. The van der Waals surface area contributed by atoms with Gasteiger partial charge in [0.2, 0.25) is 0 Å². The summed E-state index contributed by atoms with van der Waals surface area (Å²) in [5, 5.41) is 2.34. The van der Waals surface area contributed by atoms with E-state index in [4.69, 9.17) is 4.74 Å². The molecule has 0 aliphatic carbocycles. The summed E-state index contributed by atoms with van der Waals surface area (Å²) in [4.78, 5) is 25.3. The highest BCUT2D eigenvalue weighted by atomic mass is 19.1. The summed E-state index contributed by atoms with van der Waals surface area (Å²) in [6, 6.07) is 1.20. The number of nitrogens with zero attached hydrogens (tertiary/aromatic N) is 1. The molecule has 0 aromatic heterocycles. The van der Waals surface area contributed by atoms with Crippen molar-refractivity contribution in [3.8, 4) is 5.75 Å². The van der Waals surface area contributed by atoms with Crippen molar-refractivity contribution in [3.63, 3.8) is 0 Å². The number of ether oxygens (including phenoxy) is 2. The van der Waals surface area contributed by atoms with Gasteiger partial charge in [0.05, 0.1) is 25.3 Å². The molecule has 1 aromatic rings. The van der Waals surface area contributed by atoms with Gasteiger partial charge in [-0.15, -0.1) is 0 Å². The summed E-state index contributed by atoms with van der Waals surface area (Å²) in [7, 11) is 1.23. The summed E-state index contributed by atoms with van der Waals surface area (Å²) in [6.45, 7) is 2.75. The minimum atomic E-state index is -0.789. The lowest BCUT2D eigenvalue weighted by atomic mass is 9.97. The molecule has 0 bridgehead atoms. The van der Waals surface area contributed by atoms with Crippen LogP contribution in [0.15, 0.2) is 12.1 Å². The number of methoxy groups -OCH3 is 1. The van der Waals surface area contributed by atoms with Crippen molar-refractivity contribution in [1.29, 1.82) is 0 Å². The average molecular weight is 342 g/mol. The molecule has 1 aliphatic heterocycles. The highest BCUT2D eigenvalue weighted by Gasteiger charge is 2.28. The Morgan fingerprint density at radius 2 is 1.92 bits per heavy atom. The number of carbonyl (C=O) groups is 2. The van der Waals surface area contributed by atoms with Gasteiger partial charge in [-0.05, 0) is 19.8 Å². The third-order valence-electron chi connectivity index (χ3n) is 3.89. The van der Waals surface area contributed by atoms with Crippen LogP contribution in [0.25, 0.3) is 0 Å². The van der Waals surface area contributed by atoms with E-state index in [1.54, 1.807) is 6.92 Å². The van der Waals surface area contributed by atoms with Crippen LogP contribution in [0, 0.1) is 17.6 Å². The van der Waals surface area contributed by atoms with Crippen molar-refractivity contribution in [2.24, 2.45) is 5.92 Å². The third kappa shape index (κ3) is 4.12. The number of benzene rings is 1. The van der Waals surface area contributed by atoms with E-state index in [1.165, 1.54) is 12.0 Å². The van der Waals surface area contributed by atoms with Crippen molar-refractivity contribution in [3.05, 3.63) is 23.8 Å². The van der Waals surface area contributed by atoms with Gasteiger partial charge in [0.15, 0.2) is 17.4 Å². The minimum Gasteiger partial charge on any atom is -0.494 e. The third-order valence-corrected chi connectivity index (χ3v) is 3.89. The normalized spacial score (nSPS) is 15.1. The second-order valence-corrected chi connectivity index (χ2v) is 5.41. The molecule has 1 aromatic carbocycles. The van der Waals surface area contributed by atoms with Crippen LogP contribution in [0.5, 0.6) is 5.75 Å². The summed E-state index contributed by atoms with van der Waals surface area (Å²) >= 11 is 0. The lowest BCUT2D eigenvalue weighted by molar-refractivity contribution is -0.149. The molecule has 0 spiro atoms. The van der Waals surface area contributed by atoms with E-state index in [9.17, 15) is 18.4 Å². The van der Waals surface area contributed by atoms with E-state index in [-0.39, 0.29) is 23.3 Å². The standard InChI is InChI=1S/C16H20F2N2O4/c1-3-24-15(21)10-4-6-20(7-5-10)16(22)19-13-8-12(18)14(23-2)9-11(13)17/h8-10H,3-7H2,1-2H3,(H,19,22). The summed E-state index contributed by atoms with van der Waals surface area (Å²) in [5.41, 5.74) is -0.259. The number of anilines is 1. The maximum Gasteiger partial charge on any atom is 0.321 e. The first kappa shape index (κ1) is 18.0. The first-order chi connectivity index (χ1) is 11.5. The van der Waals surface area contributed by atoms with Crippen molar-refractivity contribution in [1.82, 2.24) is 4.90 Å². The van der Waals surface area contributed by atoms with Gasteiger partial charge in [0, 0.05) is 25.2 Å². The van der Waals surface area contributed by atoms with Crippen LogP contribution < -0.4 is 10.1 Å². The number of carbonyl (C=O) groups excluding carboxylic acids is 2. The van der Waals surface area contributed by atoms with E-state index in [0.29, 0.717) is 32.5 Å². The number of hydrogen-bond donors (Lipinski definition) is 1. The molecule has 6 nitrogen and oxygen atoms in total. The molecule has 1 aliphatic rings. The maximum absolute atomic E-state index is 13.9. The van der Waals surface area contributed by atoms with E-state index >= 15 is 0 Å². The maximum atomic E-state index is 13.9. The summed E-state index contributed by atoms with van der Waals surface area (Å²) in [6.07, 6.45) is 0.956. The van der Waals surface area contributed by atoms with Crippen LogP contribution >= 0.6 is 0 Å². The fraction of sp³-hybridized carbons (Fsp3) is 0.500. The summed E-state index contributed by atoms with van der Waals surface area (Å²) in [5.74, 6) is -2.29. The van der Waals surface area contributed by atoms with E-state index in [1.807, 2.05) is 0 Å². The second kappa shape index (κ2) is 7.94. The summed E-state index contributed by atoms with van der Waals surface area (Å²) < 4.78 is 37.1. The Kier molecular flexibility index (Phi) is 5.94. The highest BCUT2D eigenvalue weighted by molar-refractivity contribution is 5.89. The van der Waals surface area contributed by atoms with Crippen LogP contribution in [-0.2, 0) is 9.53 Å². The van der Waals surface area contributed by atoms with E-state index < -0.39 is 17.7 Å². The fourth-order valence-electron chi connectivity index (χ4n) is 2.55. The molecule has 2 rings (SSSR count). The van der Waals surface area contributed by atoms with Crippen LogP contribution in [0.2, 0.25) is 0 Å². The monoisotopic (exact) mass is 342 g/mol. The van der Waals surface area contributed by atoms with Crippen LogP contribution in [0.4, 0.5) is 19.3 Å². The fourth-order valence-corrected chi connectivity index (χ4v) is 2.55. The first-order valence-electron chi connectivity index (χ1n) is 7.71. The Labute approximate surface area is 138 Å². The molecule has 1 fully saturated rings. The Balaban J connectivity index is 1.95. The number of amides is 2. The van der Waals surface area contributed by atoms with Gasteiger partial charge in [0.25, 0.3) is 0 Å². The van der Waals surface area contributed by atoms with E-state index in [2.05, 4.69) is 10.1 Å². The molecule has 0 radical (unpaired) electrons. The van der Waals surface area contributed by atoms with Crippen LogP contribution in [-0.4, -0.2) is 43.7 Å². The van der Waals surface area contributed by atoms with Crippen LogP contribution in [0.1, 0.15) is 19.8 Å². The number of hydrogen-bond acceptors (Lipinski definition) is 4. The molecular weight excluding hydrogens is 322 g/mol. The number of esters is 1. The van der Waals surface area contributed by atoms with Gasteiger partial charge in [-0.3, -0.25) is 4.79 Å². The smallest absolute Gasteiger partial charge is 0.321 e. The quantitative estimate of drug-likeness (QED) is 0.855. The molecule has 1 N–H and O–H groups in total. The number of nitrogens with one attached hydrogen (secondary N) is 1. The predicted octanol–water partition coefficient (Wildman–Crippen LogP) is 2.78. The molecule has 0 saturated carbocycles. The number of halogens is 2. The van der Waals surface area contributed by atoms with Crippen molar-refractivity contribution in [2.45, 2.75) is 19.8 Å². The number of piperidine rings is 1. The van der Waals surface area contributed by atoms with Crippen molar-refractivity contribution >= 4 is 17.7 Å². The zero-order chi connectivity index (χ0) is 17.7. The molecular formula is C16H20F2N2O4. The Morgan fingerprint density at radius 1 is 1.25 bits per heavy atom. The largest absolute Gasteiger partial charge is 0.494 e. The van der Waals surface area contributed by atoms with Gasteiger partial charge in [-0.25, -0.2) is 13.6 Å². The number of likely N-dealkylation sites (tertiary alicyclic amines) is 1. The van der Waals surface area contributed by atoms with Gasteiger partial charge in [0.1, 0.15) is 0 Å². The molecule has 2 amide bonds. The second-order valence-electron chi connectivity index (χ2n) is 5.41. The molecule has 24 heavy (non-hydrogen) atoms. The zero-order valence-electron chi connectivity index (χ0n) is 13.6.